The molecule has 172 valence electrons. The number of alkyl halides is 3. The van der Waals surface area contributed by atoms with E-state index >= 15 is 0 Å². The van der Waals surface area contributed by atoms with E-state index in [4.69, 9.17) is 9.47 Å². The summed E-state index contributed by atoms with van der Waals surface area (Å²) in [4.78, 5) is 14.1. The van der Waals surface area contributed by atoms with Crippen LogP contribution in [0.2, 0.25) is 0 Å². The molecule has 1 aliphatic heterocycles. The number of rotatable bonds is 8. The second kappa shape index (κ2) is 10.9. The van der Waals surface area contributed by atoms with Gasteiger partial charge in [0, 0.05) is 13.1 Å². The van der Waals surface area contributed by atoms with E-state index < -0.39 is 11.7 Å². The molecular weight excluding hydrogens is 423 g/mol. The topological polar surface area (TPSA) is 63.2 Å². The summed E-state index contributed by atoms with van der Waals surface area (Å²) in [5.41, 5.74) is 2.10. The molecule has 1 heterocycles. The van der Waals surface area contributed by atoms with Crippen LogP contribution in [0.15, 0.2) is 47.6 Å². The van der Waals surface area contributed by atoms with Gasteiger partial charge in [-0.2, -0.15) is 18.3 Å². The summed E-state index contributed by atoms with van der Waals surface area (Å²) in [5, 5.41) is 3.92. The standard InChI is InChI=1S/C23H26F3N3O3/c1-2-31-21-14-17(15-27-28-19-9-5-4-8-18(19)23(24,25)26)10-11-20(21)32-16-22(30)29-12-6-3-7-13-29/h4-5,8-11,14-15,28H,2-3,6-7,12-13,16H2,1H3/b27-15+. The number of hydrogen-bond donors (Lipinski definition) is 1. The SMILES string of the molecule is CCOc1cc(/C=N/Nc2ccccc2C(F)(F)F)ccc1OCC(=O)N1CCCCC1. The molecular formula is C23H26F3N3O3. The molecule has 9 heteroatoms. The Morgan fingerprint density at radius 2 is 1.84 bits per heavy atom. The molecule has 3 rings (SSSR count). The van der Waals surface area contributed by atoms with Gasteiger partial charge in [-0.25, -0.2) is 0 Å². The largest absolute Gasteiger partial charge is 0.490 e. The second-order valence-electron chi connectivity index (χ2n) is 7.28. The highest BCUT2D eigenvalue weighted by molar-refractivity contribution is 5.82. The van der Waals surface area contributed by atoms with Crippen LogP contribution in [0.5, 0.6) is 11.5 Å². The normalized spacial score (nSPS) is 14.4. The number of anilines is 1. The van der Waals surface area contributed by atoms with Crippen molar-refractivity contribution in [2.24, 2.45) is 5.10 Å². The van der Waals surface area contributed by atoms with Crippen LogP contribution in [-0.2, 0) is 11.0 Å². The molecule has 1 saturated heterocycles. The Labute approximate surface area is 185 Å². The Bertz CT molecular complexity index is 942. The zero-order valence-electron chi connectivity index (χ0n) is 17.8. The Balaban J connectivity index is 1.66. The van der Waals surface area contributed by atoms with Crippen LogP contribution in [0.3, 0.4) is 0 Å². The van der Waals surface area contributed by atoms with Gasteiger partial charge in [-0.15, -0.1) is 0 Å². The van der Waals surface area contributed by atoms with E-state index in [-0.39, 0.29) is 18.2 Å². The van der Waals surface area contributed by atoms with Crippen LogP contribution >= 0.6 is 0 Å². The lowest BCUT2D eigenvalue weighted by Gasteiger charge is -2.26. The van der Waals surface area contributed by atoms with Gasteiger partial charge in [-0.3, -0.25) is 10.2 Å². The van der Waals surface area contributed by atoms with Crippen molar-refractivity contribution in [3.05, 3.63) is 53.6 Å². The van der Waals surface area contributed by atoms with E-state index in [1.165, 1.54) is 24.4 Å². The van der Waals surface area contributed by atoms with E-state index in [0.717, 1.165) is 38.4 Å². The average molecular weight is 449 g/mol. The van der Waals surface area contributed by atoms with Crippen LogP contribution in [0.1, 0.15) is 37.3 Å². The van der Waals surface area contributed by atoms with Crippen molar-refractivity contribution in [3.63, 3.8) is 0 Å². The van der Waals surface area contributed by atoms with Crippen LogP contribution in [-0.4, -0.2) is 43.3 Å². The van der Waals surface area contributed by atoms with Gasteiger partial charge in [0.25, 0.3) is 5.91 Å². The molecule has 0 saturated carbocycles. The fourth-order valence-electron chi connectivity index (χ4n) is 3.37. The minimum Gasteiger partial charge on any atom is -0.490 e. The number of benzene rings is 2. The van der Waals surface area contributed by atoms with Gasteiger partial charge < -0.3 is 14.4 Å². The number of halogens is 3. The first kappa shape index (κ1) is 23.4. The molecule has 0 bridgehead atoms. The first-order chi connectivity index (χ1) is 15.4. The van der Waals surface area contributed by atoms with Crippen molar-refractivity contribution >= 4 is 17.8 Å². The molecule has 1 fully saturated rings. The molecule has 6 nitrogen and oxygen atoms in total. The lowest BCUT2D eigenvalue weighted by molar-refractivity contribution is -0.137. The smallest absolute Gasteiger partial charge is 0.418 e. The van der Waals surface area contributed by atoms with Crippen molar-refractivity contribution in [2.75, 3.05) is 31.7 Å². The number of nitrogens with one attached hydrogen (secondary N) is 1. The quantitative estimate of drug-likeness (QED) is 0.458. The average Bonchev–Trinajstić information content (AvgIpc) is 2.79. The summed E-state index contributed by atoms with van der Waals surface area (Å²) in [6.07, 6.45) is 0.0554. The number of amides is 1. The van der Waals surface area contributed by atoms with Crippen LogP contribution < -0.4 is 14.9 Å². The number of carbonyl (C=O) groups is 1. The molecule has 0 aromatic heterocycles. The molecule has 0 aliphatic carbocycles. The molecule has 0 atom stereocenters. The minimum absolute atomic E-state index is 0.0645. The maximum atomic E-state index is 13.1. The van der Waals surface area contributed by atoms with E-state index in [0.29, 0.717) is 23.7 Å². The summed E-state index contributed by atoms with van der Waals surface area (Å²) in [6.45, 7) is 3.62. The molecule has 1 N–H and O–H groups in total. The van der Waals surface area contributed by atoms with Crippen molar-refractivity contribution < 1.29 is 27.4 Å². The van der Waals surface area contributed by atoms with E-state index in [2.05, 4.69) is 10.5 Å². The highest BCUT2D eigenvalue weighted by Gasteiger charge is 2.33. The van der Waals surface area contributed by atoms with Gasteiger partial charge in [0.1, 0.15) is 0 Å². The summed E-state index contributed by atoms with van der Waals surface area (Å²) < 4.78 is 50.5. The highest BCUT2D eigenvalue weighted by atomic mass is 19.4. The van der Waals surface area contributed by atoms with E-state index in [1.807, 2.05) is 6.92 Å². The van der Waals surface area contributed by atoms with Crippen molar-refractivity contribution in [2.45, 2.75) is 32.4 Å². The Morgan fingerprint density at radius 3 is 2.56 bits per heavy atom. The molecule has 2 aromatic carbocycles. The number of ether oxygens (including phenoxy) is 2. The lowest BCUT2D eigenvalue weighted by Crippen LogP contribution is -2.38. The monoisotopic (exact) mass is 449 g/mol. The first-order valence-corrected chi connectivity index (χ1v) is 10.5. The number of para-hydroxylation sites is 1. The molecule has 0 spiro atoms. The zero-order chi connectivity index (χ0) is 23.0. The highest BCUT2D eigenvalue weighted by Crippen LogP contribution is 2.34. The molecule has 32 heavy (non-hydrogen) atoms. The predicted molar refractivity (Wildman–Crippen MR) is 116 cm³/mol. The number of hydrazone groups is 1. The maximum absolute atomic E-state index is 13.1. The Hall–Kier alpha value is -3.23. The summed E-state index contributed by atoms with van der Waals surface area (Å²) in [6, 6.07) is 10.1. The molecule has 1 aliphatic rings. The van der Waals surface area contributed by atoms with Crippen LogP contribution in [0, 0.1) is 0 Å². The van der Waals surface area contributed by atoms with E-state index in [1.54, 1.807) is 23.1 Å². The fraction of sp³-hybridized carbons (Fsp3) is 0.391. The predicted octanol–water partition coefficient (Wildman–Crippen LogP) is 4.94. The van der Waals surface area contributed by atoms with Crippen LogP contribution in [0.4, 0.5) is 18.9 Å². The van der Waals surface area contributed by atoms with Gasteiger partial charge in [0.05, 0.1) is 24.1 Å². The Kier molecular flexibility index (Phi) is 7.97. The van der Waals surface area contributed by atoms with E-state index in [9.17, 15) is 18.0 Å². The minimum atomic E-state index is -4.48. The van der Waals surface area contributed by atoms with Crippen molar-refractivity contribution in [3.8, 4) is 11.5 Å². The number of likely N-dealkylation sites (tertiary alicyclic amines) is 1. The van der Waals surface area contributed by atoms with Crippen molar-refractivity contribution in [1.82, 2.24) is 4.90 Å². The number of piperidine rings is 1. The fourth-order valence-corrected chi connectivity index (χ4v) is 3.37. The third-order valence-electron chi connectivity index (χ3n) is 4.96. The lowest BCUT2D eigenvalue weighted by atomic mass is 10.1. The summed E-state index contributed by atoms with van der Waals surface area (Å²) in [5.74, 6) is 0.786. The third kappa shape index (κ3) is 6.38. The van der Waals surface area contributed by atoms with Gasteiger partial charge in [0.2, 0.25) is 0 Å². The Morgan fingerprint density at radius 1 is 1.09 bits per heavy atom. The van der Waals surface area contributed by atoms with Gasteiger partial charge in [-0.1, -0.05) is 12.1 Å². The molecule has 0 unspecified atom stereocenters. The summed E-state index contributed by atoms with van der Waals surface area (Å²) >= 11 is 0. The van der Waals surface area contributed by atoms with Gasteiger partial charge in [-0.05, 0) is 62.1 Å². The number of carbonyl (C=O) groups excluding carboxylic acids is 1. The molecule has 2 aromatic rings. The number of nitrogens with zero attached hydrogens (tertiary/aromatic N) is 2. The maximum Gasteiger partial charge on any atom is 0.418 e. The number of hydrogen-bond acceptors (Lipinski definition) is 5. The zero-order valence-corrected chi connectivity index (χ0v) is 17.8. The van der Waals surface area contributed by atoms with Crippen molar-refractivity contribution in [1.29, 1.82) is 0 Å². The second-order valence-corrected chi connectivity index (χ2v) is 7.28. The summed E-state index contributed by atoms with van der Waals surface area (Å²) in [7, 11) is 0. The van der Waals surface area contributed by atoms with Gasteiger partial charge in [0.15, 0.2) is 18.1 Å². The van der Waals surface area contributed by atoms with Gasteiger partial charge >= 0.3 is 6.18 Å². The van der Waals surface area contributed by atoms with Crippen LogP contribution in [0.25, 0.3) is 0 Å². The molecule has 1 amide bonds. The first-order valence-electron chi connectivity index (χ1n) is 10.5. The molecule has 0 radical (unpaired) electrons. The third-order valence-corrected chi connectivity index (χ3v) is 4.96.